The molecule has 1 amide bonds. The Balaban J connectivity index is 2.44. The maximum atomic E-state index is 11.3. The van der Waals surface area contributed by atoms with E-state index in [0.29, 0.717) is 5.82 Å². The Morgan fingerprint density at radius 2 is 2.27 bits per heavy atom. The number of nitrogens with zero attached hydrogens (tertiary/aromatic N) is 1. The van der Waals surface area contributed by atoms with Crippen molar-refractivity contribution in [2.75, 3.05) is 11.9 Å². The van der Waals surface area contributed by atoms with Gasteiger partial charge in [0.2, 0.25) is 5.91 Å². The lowest BCUT2D eigenvalue weighted by Gasteiger charge is -2.07. The Bertz CT molecular complexity index is 365. The average molecular weight is 210 g/mol. The van der Waals surface area contributed by atoms with Crippen molar-refractivity contribution in [2.45, 2.75) is 19.9 Å². The van der Waals surface area contributed by atoms with Crippen molar-refractivity contribution < 1.29 is 4.79 Å². The van der Waals surface area contributed by atoms with Gasteiger partial charge in [0.1, 0.15) is 0 Å². The lowest BCUT2D eigenvalue weighted by molar-refractivity contribution is -0.115. The molecule has 0 radical (unpaired) electrons. The van der Waals surface area contributed by atoms with Crippen LogP contribution in [0.25, 0.3) is 0 Å². The normalized spacial score (nSPS) is 10.3. The molecule has 15 heavy (non-hydrogen) atoms. The zero-order chi connectivity index (χ0) is 11.3. The first-order valence-electron chi connectivity index (χ1n) is 4.67. The highest BCUT2D eigenvalue weighted by atomic mass is 16.2. The van der Waals surface area contributed by atoms with E-state index in [0.717, 1.165) is 0 Å². The van der Waals surface area contributed by atoms with Crippen molar-refractivity contribution in [1.29, 1.82) is 0 Å². The number of aromatic nitrogens is 2. The van der Waals surface area contributed by atoms with Crippen LogP contribution in [-0.4, -0.2) is 28.7 Å². The molecule has 3 N–H and O–H groups in total. The van der Waals surface area contributed by atoms with Gasteiger partial charge in [0, 0.05) is 12.1 Å². The molecular weight excluding hydrogens is 196 g/mol. The summed E-state index contributed by atoms with van der Waals surface area (Å²) in [6, 6.07) is 3.00. The van der Waals surface area contributed by atoms with Crippen LogP contribution < -0.4 is 16.2 Å². The molecule has 0 aromatic carbocycles. The third-order valence-electron chi connectivity index (χ3n) is 1.62. The van der Waals surface area contributed by atoms with Gasteiger partial charge in [0.25, 0.3) is 5.56 Å². The number of carbonyl (C=O) groups is 1. The van der Waals surface area contributed by atoms with Crippen LogP contribution in [0.4, 0.5) is 5.82 Å². The van der Waals surface area contributed by atoms with Crippen molar-refractivity contribution in [2.24, 2.45) is 0 Å². The van der Waals surface area contributed by atoms with Gasteiger partial charge in [-0.05, 0) is 6.07 Å². The quantitative estimate of drug-likeness (QED) is 0.637. The van der Waals surface area contributed by atoms with Crippen molar-refractivity contribution in [3.63, 3.8) is 0 Å². The van der Waals surface area contributed by atoms with E-state index in [1.54, 1.807) is 0 Å². The van der Waals surface area contributed by atoms with E-state index in [-0.39, 0.29) is 24.1 Å². The Kier molecular flexibility index (Phi) is 3.99. The summed E-state index contributed by atoms with van der Waals surface area (Å²) in [6.45, 7) is 4.12. The number of aromatic amines is 1. The summed E-state index contributed by atoms with van der Waals surface area (Å²) in [6.07, 6.45) is 0. The third-order valence-corrected chi connectivity index (χ3v) is 1.62. The van der Waals surface area contributed by atoms with Crippen molar-refractivity contribution in [3.05, 3.63) is 22.5 Å². The molecule has 0 fully saturated rings. The Morgan fingerprint density at radius 3 is 2.80 bits per heavy atom. The van der Waals surface area contributed by atoms with Gasteiger partial charge in [-0.3, -0.25) is 9.59 Å². The topological polar surface area (TPSA) is 86.9 Å². The number of carbonyl (C=O) groups excluding carboxylic acids is 1. The van der Waals surface area contributed by atoms with Gasteiger partial charge in [-0.1, -0.05) is 13.8 Å². The smallest absolute Gasteiger partial charge is 0.264 e. The van der Waals surface area contributed by atoms with Gasteiger partial charge in [-0.25, -0.2) is 5.10 Å². The van der Waals surface area contributed by atoms with Gasteiger partial charge in [-0.15, -0.1) is 0 Å². The second kappa shape index (κ2) is 5.26. The van der Waals surface area contributed by atoms with Crippen molar-refractivity contribution in [3.8, 4) is 0 Å². The SMILES string of the molecule is CC(C)NCC(=O)Nc1ccc(=O)[nH]n1. The van der Waals surface area contributed by atoms with Crippen LogP contribution in [0.2, 0.25) is 0 Å². The minimum atomic E-state index is -0.298. The van der Waals surface area contributed by atoms with Crippen LogP contribution in [0.5, 0.6) is 0 Å². The molecule has 1 aromatic heterocycles. The summed E-state index contributed by atoms with van der Waals surface area (Å²) < 4.78 is 0. The van der Waals surface area contributed by atoms with E-state index in [2.05, 4.69) is 20.8 Å². The molecule has 0 aliphatic carbocycles. The number of amides is 1. The lowest BCUT2D eigenvalue weighted by atomic mass is 10.4. The summed E-state index contributed by atoms with van der Waals surface area (Å²) in [4.78, 5) is 22.0. The molecule has 0 saturated carbocycles. The zero-order valence-corrected chi connectivity index (χ0v) is 8.70. The zero-order valence-electron chi connectivity index (χ0n) is 8.70. The van der Waals surface area contributed by atoms with Crippen LogP contribution >= 0.6 is 0 Å². The molecule has 6 nitrogen and oxygen atoms in total. The number of rotatable bonds is 4. The van der Waals surface area contributed by atoms with Gasteiger partial charge in [-0.2, -0.15) is 5.10 Å². The van der Waals surface area contributed by atoms with E-state index in [1.807, 2.05) is 13.8 Å². The van der Waals surface area contributed by atoms with Crippen molar-refractivity contribution in [1.82, 2.24) is 15.5 Å². The molecule has 0 unspecified atom stereocenters. The predicted molar refractivity (Wildman–Crippen MR) is 56.6 cm³/mol. The molecule has 1 aromatic rings. The summed E-state index contributed by atoms with van der Waals surface area (Å²) in [5.41, 5.74) is -0.298. The molecular formula is C9H14N4O2. The van der Waals surface area contributed by atoms with Gasteiger partial charge >= 0.3 is 0 Å². The second-order valence-electron chi connectivity index (χ2n) is 3.39. The molecule has 1 rings (SSSR count). The predicted octanol–water partition coefficient (Wildman–Crippen LogP) is -0.294. The van der Waals surface area contributed by atoms with Crippen LogP contribution in [0, 0.1) is 0 Å². The van der Waals surface area contributed by atoms with E-state index < -0.39 is 0 Å². The lowest BCUT2D eigenvalue weighted by Crippen LogP contribution is -2.33. The molecule has 0 aliphatic rings. The fourth-order valence-corrected chi connectivity index (χ4v) is 0.898. The van der Waals surface area contributed by atoms with E-state index >= 15 is 0 Å². The monoisotopic (exact) mass is 210 g/mol. The van der Waals surface area contributed by atoms with Gasteiger partial charge in [0.05, 0.1) is 6.54 Å². The molecule has 0 bridgehead atoms. The molecule has 0 spiro atoms. The molecule has 82 valence electrons. The summed E-state index contributed by atoms with van der Waals surface area (Å²) in [7, 11) is 0. The fraction of sp³-hybridized carbons (Fsp3) is 0.444. The standard InChI is InChI=1S/C9H14N4O2/c1-6(2)10-5-9(15)11-7-3-4-8(14)13-12-7/h3-4,6,10H,5H2,1-2H3,(H,13,14)(H,11,12,15). The number of hydrogen-bond donors (Lipinski definition) is 3. The summed E-state index contributed by atoms with van der Waals surface area (Å²) in [5.74, 6) is 0.147. The number of H-pyrrole nitrogens is 1. The highest BCUT2D eigenvalue weighted by Crippen LogP contribution is 1.94. The van der Waals surface area contributed by atoms with Crippen molar-refractivity contribution >= 4 is 11.7 Å². The van der Waals surface area contributed by atoms with E-state index in [4.69, 9.17) is 0 Å². The molecule has 0 aliphatic heterocycles. The number of anilines is 1. The Morgan fingerprint density at radius 1 is 1.53 bits per heavy atom. The minimum absolute atomic E-state index is 0.191. The highest BCUT2D eigenvalue weighted by molar-refractivity contribution is 5.91. The first-order chi connectivity index (χ1) is 7.08. The third kappa shape index (κ3) is 4.37. The van der Waals surface area contributed by atoms with Crippen LogP contribution in [0.3, 0.4) is 0 Å². The molecule has 1 heterocycles. The number of hydrogen-bond acceptors (Lipinski definition) is 4. The minimum Gasteiger partial charge on any atom is -0.308 e. The van der Waals surface area contributed by atoms with E-state index in [9.17, 15) is 9.59 Å². The van der Waals surface area contributed by atoms with Crippen LogP contribution in [0.15, 0.2) is 16.9 Å². The van der Waals surface area contributed by atoms with Gasteiger partial charge in [0.15, 0.2) is 5.82 Å². The first-order valence-corrected chi connectivity index (χ1v) is 4.67. The second-order valence-corrected chi connectivity index (χ2v) is 3.39. The maximum Gasteiger partial charge on any atom is 0.264 e. The summed E-state index contributed by atoms with van der Waals surface area (Å²) in [5, 5.41) is 11.4. The summed E-state index contributed by atoms with van der Waals surface area (Å²) >= 11 is 0. The van der Waals surface area contributed by atoms with Crippen LogP contribution in [-0.2, 0) is 4.79 Å². The molecule has 0 saturated heterocycles. The Labute approximate surface area is 87.1 Å². The Hall–Kier alpha value is -1.69. The first kappa shape index (κ1) is 11.4. The maximum absolute atomic E-state index is 11.3. The highest BCUT2D eigenvalue weighted by Gasteiger charge is 2.03. The van der Waals surface area contributed by atoms with Gasteiger partial charge < -0.3 is 10.6 Å². The van der Waals surface area contributed by atoms with E-state index in [1.165, 1.54) is 12.1 Å². The average Bonchev–Trinajstić information content (AvgIpc) is 2.19. The molecule has 6 heteroatoms. The number of nitrogens with one attached hydrogen (secondary N) is 3. The fourth-order valence-electron chi connectivity index (χ4n) is 0.898. The van der Waals surface area contributed by atoms with Crippen LogP contribution in [0.1, 0.15) is 13.8 Å². The largest absolute Gasteiger partial charge is 0.308 e. The molecule has 0 atom stereocenters.